The van der Waals surface area contributed by atoms with E-state index in [0.717, 1.165) is 19.3 Å². The summed E-state index contributed by atoms with van der Waals surface area (Å²) in [6.45, 7) is 21.5. The third-order valence-corrected chi connectivity index (χ3v) is 12.5. The predicted molar refractivity (Wildman–Crippen MR) is 140 cm³/mol. The Hall–Kier alpha value is -1.31. The van der Waals surface area contributed by atoms with Gasteiger partial charge in [0.15, 0.2) is 0 Å². The van der Waals surface area contributed by atoms with Gasteiger partial charge in [0.05, 0.1) is 0 Å². The van der Waals surface area contributed by atoms with Crippen molar-refractivity contribution in [1.29, 1.82) is 0 Å². The normalized spacial score (nSPS) is 49.3. The third kappa shape index (κ3) is 2.95. The Morgan fingerprint density at radius 2 is 1.68 bits per heavy atom. The van der Waals surface area contributed by atoms with Crippen LogP contribution in [-0.4, -0.2) is 12.1 Å². The number of fused-ring (bicyclic) bond motifs is 7. The van der Waals surface area contributed by atoms with Crippen molar-refractivity contribution in [3.8, 4) is 0 Å². The van der Waals surface area contributed by atoms with E-state index in [-0.39, 0.29) is 33.7 Å². The van der Waals surface area contributed by atoms with Crippen LogP contribution in [0.25, 0.3) is 0 Å². The van der Waals surface area contributed by atoms with Gasteiger partial charge < -0.3 is 4.74 Å². The minimum absolute atomic E-state index is 0.00722. The molecule has 0 aliphatic heterocycles. The first kappa shape index (κ1) is 24.4. The molecule has 0 aromatic heterocycles. The van der Waals surface area contributed by atoms with Crippen molar-refractivity contribution in [2.75, 3.05) is 0 Å². The number of hydrogen-bond acceptors (Lipinski definition) is 2. The van der Waals surface area contributed by atoms with Gasteiger partial charge in [-0.3, -0.25) is 4.79 Å². The Morgan fingerprint density at radius 1 is 0.971 bits per heavy atom. The standard InChI is InChI=1S/C32H48O2/c1-20-12-15-29(6)18-19-31(8)23(27(29)21(20)2)10-11-25-30(7)16-14-26(34-22(3)33)28(4,5)24(30)13-17-32(25,31)9/h10,12-13,21,25-27H,11,14-19H2,1-9H3. The summed E-state index contributed by atoms with van der Waals surface area (Å²) in [5.41, 5.74) is 5.98. The summed E-state index contributed by atoms with van der Waals surface area (Å²) in [7, 11) is 0. The summed E-state index contributed by atoms with van der Waals surface area (Å²) in [5, 5.41) is 0. The Kier molecular flexibility index (Phi) is 5.28. The second kappa shape index (κ2) is 7.36. The van der Waals surface area contributed by atoms with Crippen molar-refractivity contribution in [3.63, 3.8) is 0 Å². The number of carbonyl (C=O) groups is 1. The van der Waals surface area contributed by atoms with Gasteiger partial charge in [0, 0.05) is 12.3 Å². The van der Waals surface area contributed by atoms with E-state index in [9.17, 15) is 4.79 Å². The topological polar surface area (TPSA) is 26.3 Å². The van der Waals surface area contributed by atoms with Gasteiger partial charge >= 0.3 is 5.97 Å². The highest BCUT2D eigenvalue weighted by Crippen LogP contribution is 2.74. The summed E-state index contributed by atoms with van der Waals surface area (Å²) in [5.74, 6) is 1.83. The Morgan fingerprint density at radius 3 is 2.35 bits per heavy atom. The molecule has 0 heterocycles. The van der Waals surface area contributed by atoms with Crippen LogP contribution < -0.4 is 0 Å². The molecule has 5 rings (SSSR count). The van der Waals surface area contributed by atoms with Crippen LogP contribution in [0.4, 0.5) is 0 Å². The molecule has 2 nitrogen and oxygen atoms in total. The van der Waals surface area contributed by atoms with Crippen LogP contribution in [0.5, 0.6) is 0 Å². The summed E-state index contributed by atoms with van der Waals surface area (Å²) < 4.78 is 5.86. The van der Waals surface area contributed by atoms with Gasteiger partial charge in [-0.1, -0.05) is 83.4 Å². The number of ether oxygens (including phenoxy) is 1. The molecular formula is C32H48O2. The van der Waals surface area contributed by atoms with Crippen LogP contribution in [0.1, 0.15) is 107 Å². The maximum Gasteiger partial charge on any atom is 0.302 e. The monoisotopic (exact) mass is 464 g/mol. The van der Waals surface area contributed by atoms with Crippen molar-refractivity contribution in [2.45, 2.75) is 113 Å². The number of rotatable bonds is 1. The third-order valence-electron chi connectivity index (χ3n) is 12.5. The molecule has 0 aromatic rings. The zero-order chi connectivity index (χ0) is 24.9. The molecule has 0 N–H and O–H groups in total. The Balaban J connectivity index is 1.57. The molecule has 0 bridgehead atoms. The molecule has 5 aliphatic rings. The van der Waals surface area contributed by atoms with Crippen molar-refractivity contribution < 1.29 is 9.53 Å². The summed E-state index contributed by atoms with van der Waals surface area (Å²) in [6.07, 6.45) is 16.2. The lowest BCUT2D eigenvalue weighted by atomic mass is 9.35. The first-order valence-corrected chi connectivity index (χ1v) is 14.0. The maximum absolute atomic E-state index is 11.9. The van der Waals surface area contributed by atoms with E-state index in [4.69, 9.17) is 4.74 Å². The van der Waals surface area contributed by atoms with Crippen LogP contribution in [0.3, 0.4) is 0 Å². The smallest absolute Gasteiger partial charge is 0.302 e. The minimum Gasteiger partial charge on any atom is -0.462 e. The van der Waals surface area contributed by atoms with Crippen molar-refractivity contribution in [1.82, 2.24) is 0 Å². The number of carbonyl (C=O) groups excluding carboxylic acids is 1. The van der Waals surface area contributed by atoms with E-state index in [1.807, 2.05) is 0 Å². The van der Waals surface area contributed by atoms with Gasteiger partial charge in [-0.25, -0.2) is 0 Å². The number of hydrogen-bond donors (Lipinski definition) is 0. The first-order chi connectivity index (χ1) is 15.7. The van der Waals surface area contributed by atoms with Gasteiger partial charge in [-0.2, -0.15) is 0 Å². The van der Waals surface area contributed by atoms with E-state index < -0.39 is 0 Å². The predicted octanol–water partition coefficient (Wildman–Crippen LogP) is 8.44. The minimum atomic E-state index is -0.142. The molecular weight excluding hydrogens is 416 g/mol. The summed E-state index contributed by atoms with van der Waals surface area (Å²) >= 11 is 0. The average Bonchev–Trinajstić information content (AvgIpc) is 2.74. The van der Waals surface area contributed by atoms with Gasteiger partial charge in [0.25, 0.3) is 0 Å². The number of allylic oxidation sites excluding steroid dienone is 5. The lowest BCUT2D eigenvalue weighted by Gasteiger charge is -2.69. The van der Waals surface area contributed by atoms with Crippen molar-refractivity contribution in [2.24, 2.45) is 44.8 Å². The van der Waals surface area contributed by atoms with Crippen LogP contribution >= 0.6 is 0 Å². The molecule has 0 amide bonds. The van der Waals surface area contributed by atoms with E-state index in [1.165, 1.54) is 25.7 Å². The SMILES string of the molecule is CC(=O)OC1CCC2(C)C(=CCC3(C)C2CC=C2C4C(C)C(C)=CCC4(C)CCC23C)C1(C)C. The van der Waals surface area contributed by atoms with Gasteiger partial charge in [-0.05, 0) is 91.3 Å². The maximum atomic E-state index is 11.9. The fraction of sp³-hybridized carbons (Fsp3) is 0.781. The second-order valence-electron chi connectivity index (χ2n) is 14.4. The van der Waals surface area contributed by atoms with E-state index in [0.29, 0.717) is 23.2 Å². The van der Waals surface area contributed by atoms with Crippen molar-refractivity contribution in [3.05, 3.63) is 34.9 Å². The molecule has 0 spiro atoms. The number of esters is 1. The highest BCUT2D eigenvalue weighted by atomic mass is 16.5. The summed E-state index contributed by atoms with van der Waals surface area (Å²) in [4.78, 5) is 11.9. The fourth-order valence-electron chi connectivity index (χ4n) is 10.1. The molecule has 8 unspecified atom stereocenters. The quantitative estimate of drug-likeness (QED) is 0.287. The van der Waals surface area contributed by atoms with E-state index >= 15 is 0 Å². The Bertz CT molecular complexity index is 996. The van der Waals surface area contributed by atoms with E-state index in [2.05, 4.69) is 73.6 Å². The molecule has 0 saturated heterocycles. The molecule has 34 heavy (non-hydrogen) atoms. The van der Waals surface area contributed by atoms with Crippen LogP contribution in [0, 0.1) is 44.8 Å². The Labute approximate surface area is 208 Å². The molecule has 188 valence electrons. The van der Waals surface area contributed by atoms with Gasteiger partial charge in [-0.15, -0.1) is 0 Å². The van der Waals surface area contributed by atoms with Crippen LogP contribution in [0.15, 0.2) is 34.9 Å². The summed E-state index contributed by atoms with van der Waals surface area (Å²) in [6, 6.07) is 0. The molecule has 2 heteroatoms. The fourth-order valence-corrected chi connectivity index (χ4v) is 10.1. The van der Waals surface area contributed by atoms with E-state index in [1.54, 1.807) is 23.6 Å². The molecule has 0 aromatic carbocycles. The molecule has 5 aliphatic carbocycles. The molecule has 0 radical (unpaired) electrons. The van der Waals surface area contributed by atoms with Gasteiger partial charge in [0.1, 0.15) is 6.10 Å². The lowest BCUT2D eigenvalue weighted by Crippen LogP contribution is -2.61. The zero-order valence-corrected chi connectivity index (χ0v) is 23.3. The van der Waals surface area contributed by atoms with Gasteiger partial charge in [0.2, 0.25) is 0 Å². The highest BCUT2D eigenvalue weighted by molar-refractivity contribution is 5.66. The molecule has 2 saturated carbocycles. The van der Waals surface area contributed by atoms with Crippen molar-refractivity contribution >= 4 is 5.97 Å². The average molecular weight is 465 g/mol. The first-order valence-electron chi connectivity index (χ1n) is 14.0. The largest absolute Gasteiger partial charge is 0.462 e. The highest BCUT2D eigenvalue weighted by Gasteiger charge is 2.66. The second-order valence-corrected chi connectivity index (χ2v) is 14.4. The molecule has 2 fully saturated rings. The zero-order valence-electron chi connectivity index (χ0n) is 23.3. The lowest BCUT2D eigenvalue weighted by molar-refractivity contribution is -0.159. The van der Waals surface area contributed by atoms with Crippen LogP contribution in [-0.2, 0) is 9.53 Å². The van der Waals surface area contributed by atoms with Crippen LogP contribution in [0.2, 0.25) is 0 Å². The molecule has 8 atom stereocenters.